The largest absolute Gasteiger partial charge is 0.392 e. The quantitative estimate of drug-likeness (QED) is 0.826. The van der Waals surface area contributed by atoms with Crippen molar-refractivity contribution >= 4 is 28.9 Å². The predicted octanol–water partition coefficient (Wildman–Crippen LogP) is 2.10. The van der Waals surface area contributed by atoms with Crippen molar-refractivity contribution in [1.82, 2.24) is 4.90 Å². The maximum Gasteiger partial charge on any atom is 0.322 e. The molecule has 0 bridgehead atoms. The number of nitrogens with one attached hydrogen (secondary N) is 1. The van der Waals surface area contributed by atoms with Gasteiger partial charge in [0.15, 0.2) is 0 Å². The molecule has 1 rings (SSSR count). The minimum Gasteiger partial charge on any atom is -0.392 e. The van der Waals surface area contributed by atoms with Gasteiger partial charge in [-0.05, 0) is 19.1 Å². The fourth-order valence-electron chi connectivity index (χ4n) is 1.30. The molecular weight excluding hydrogens is 260 g/mol. The van der Waals surface area contributed by atoms with Crippen molar-refractivity contribution in [3.8, 4) is 0 Å². The van der Waals surface area contributed by atoms with Crippen molar-refractivity contribution in [2.24, 2.45) is 5.73 Å². The first-order valence-electron chi connectivity index (χ1n) is 5.23. The molecule has 0 atom stereocenters. The van der Waals surface area contributed by atoms with Crippen LogP contribution in [-0.2, 0) is 0 Å². The molecule has 0 heterocycles. The number of carbonyl (C=O) groups excluding carboxylic acids is 1. The lowest BCUT2D eigenvalue weighted by Gasteiger charge is -2.20. The Morgan fingerprint density at radius 3 is 2.67 bits per heavy atom. The van der Waals surface area contributed by atoms with Crippen molar-refractivity contribution < 1.29 is 13.6 Å². The molecule has 7 heteroatoms. The van der Waals surface area contributed by atoms with Gasteiger partial charge in [-0.2, -0.15) is 0 Å². The maximum atomic E-state index is 13.3. The lowest BCUT2D eigenvalue weighted by Crippen LogP contribution is -2.40. The normalized spacial score (nSPS) is 9.94. The average molecular weight is 273 g/mol. The fraction of sp³-hybridized carbons (Fsp3) is 0.273. The van der Waals surface area contributed by atoms with Crippen LogP contribution in [0.4, 0.5) is 19.3 Å². The van der Waals surface area contributed by atoms with E-state index < -0.39 is 17.7 Å². The Balaban J connectivity index is 2.76. The Morgan fingerprint density at radius 2 is 2.17 bits per heavy atom. The SMILES string of the molecule is CCN(CC(N)=S)C(=O)Nc1ccc(F)cc1F. The van der Waals surface area contributed by atoms with Gasteiger partial charge < -0.3 is 16.0 Å². The molecule has 1 aromatic carbocycles. The summed E-state index contributed by atoms with van der Waals surface area (Å²) in [6, 6.07) is 2.36. The van der Waals surface area contributed by atoms with Gasteiger partial charge in [-0.3, -0.25) is 0 Å². The Kier molecular flexibility index (Phi) is 4.96. The van der Waals surface area contributed by atoms with E-state index in [2.05, 4.69) is 5.32 Å². The summed E-state index contributed by atoms with van der Waals surface area (Å²) in [6.07, 6.45) is 0. The van der Waals surface area contributed by atoms with Crippen molar-refractivity contribution in [3.05, 3.63) is 29.8 Å². The van der Waals surface area contributed by atoms with E-state index in [1.54, 1.807) is 6.92 Å². The zero-order chi connectivity index (χ0) is 13.7. The van der Waals surface area contributed by atoms with Gasteiger partial charge in [0.05, 0.1) is 17.2 Å². The molecule has 0 aliphatic heterocycles. The van der Waals surface area contributed by atoms with Gasteiger partial charge in [-0.25, -0.2) is 13.6 Å². The summed E-state index contributed by atoms with van der Waals surface area (Å²) in [6.45, 7) is 2.20. The molecule has 18 heavy (non-hydrogen) atoms. The molecule has 2 amide bonds. The zero-order valence-electron chi connectivity index (χ0n) is 9.74. The van der Waals surface area contributed by atoms with Crippen LogP contribution in [0.25, 0.3) is 0 Å². The third kappa shape index (κ3) is 3.92. The van der Waals surface area contributed by atoms with E-state index in [9.17, 15) is 13.6 Å². The number of urea groups is 1. The van der Waals surface area contributed by atoms with Gasteiger partial charge in [0.1, 0.15) is 11.6 Å². The lowest BCUT2D eigenvalue weighted by molar-refractivity contribution is 0.221. The number of likely N-dealkylation sites (N-methyl/N-ethyl adjacent to an activating group) is 1. The maximum absolute atomic E-state index is 13.3. The third-order valence-corrected chi connectivity index (χ3v) is 2.32. The Bertz CT molecular complexity index is 468. The Hall–Kier alpha value is -1.76. The molecular formula is C11H13F2N3OS. The number of nitrogens with two attached hydrogens (primary N) is 1. The van der Waals surface area contributed by atoms with Crippen LogP contribution in [-0.4, -0.2) is 29.0 Å². The molecule has 98 valence electrons. The molecule has 0 aromatic heterocycles. The molecule has 0 saturated heterocycles. The highest BCUT2D eigenvalue weighted by Gasteiger charge is 2.14. The summed E-state index contributed by atoms with van der Waals surface area (Å²) in [5.74, 6) is -1.55. The Morgan fingerprint density at radius 1 is 1.50 bits per heavy atom. The van der Waals surface area contributed by atoms with E-state index in [4.69, 9.17) is 18.0 Å². The van der Waals surface area contributed by atoms with Crippen LogP contribution in [0.3, 0.4) is 0 Å². The van der Waals surface area contributed by atoms with Crippen molar-refractivity contribution in [3.63, 3.8) is 0 Å². The lowest BCUT2D eigenvalue weighted by atomic mass is 10.3. The van der Waals surface area contributed by atoms with Gasteiger partial charge in [0, 0.05) is 12.6 Å². The number of rotatable bonds is 4. The van der Waals surface area contributed by atoms with E-state index in [0.717, 1.165) is 12.1 Å². The standard InChI is InChI=1S/C11H13F2N3OS/c1-2-16(6-10(14)18)11(17)15-9-4-3-7(12)5-8(9)13/h3-5H,2,6H2,1H3,(H2,14,18)(H,15,17). The second kappa shape index (κ2) is 6.25. The highest BCUT2D eigenvalue weighted by molar-refractivity contribution is 7.80. The minimum absolute atomic E-state index is 0.0946. The number of carbonyl (C=O) groups is 1. The van der Waals surface area contributed by atoms with Crippen LogP contribution >= 0.6 is 12.2 Å². The zero-order valence-corrected chi connectivity index (χ0v) is 10.6. The van der Waals surface area contributed by atoms with Crippen molar-refractivity contribution in [1.29, 1.82) is 0 Å². The predicted molar refractivity (Wildman–Crippen MR) is 69.4 cm³/mol. The summed E-state index contributed by atoms with van der Waals surface area (Å²) < 4.78 is 26.0. The first-order chi connectivity index (χ1) is 8.43. The monoisotopic (exact) mass is 273 g/mol. The molecule has 0 fully saturated rings. The highest BCUT2D eigenvalue weighted by Crippen LogP contribution is 2.15. The fourth-order valence-corrected chi connectivity index (χ4v) is 1.46. The molecule has 0 aliphatic carbocycles. The van der Waals surface area contributed by atoms with E-state index >= 15 is 0 Å². The molecule has 0 aliphatic rings. The number of amides is 2. The van der Waals surface area contributed by atoms with Crippen LogP contribution < -0.4 is 11.1 Å². The number of hydrogen-bond donors (Lipinski definition) is 2. The van der Waals surface area contributed by atoms with Gasteiger partial charge in [0.2, 0.25) is 0 Å². The minimum atomic E-state index is -0.838. The average Bonchev–Trinajstić information content (AvgIpc) is 2.29. The summed E-state index contributed by atoms with van der Waals surface area (Å²) >= 11 is 4.70. The first kappa shape index (κ1) is 14.3. The number of thiocarbonyl (C=S) groups is 1. The molecule has 1 aromatic rings. The second-order valence-corrected chi connectivity index (χ2v) is 4.06. The first-order valence-corrected chi connectivity index (χ1v) is 5.64. The summed E-state index contributed by atoms with van der Waals surface area (Å²) in [5, 5.41) is 2.32. The van der Waals surface area contributed by atoms with Gasteiger partial charge in [-0.15, -0.1) is 0 Å². The summed E-state index contributed by atoms with van der Waals surface area (Å²) in [5.41, 5.74) is 5.24. The number of nitrogens with zero attached hydrogens (tertiary/aromatic N) is 1. The molecule has 0 radical (unpaired) electrons. The number of hydrogen-bond acceptors (Lipinski definition) is 2. The number of halogens is 2. The van der Waals surface area contributed by atoms with Crippen LogP contribution in [0.1, 0.15) is 6.92 Å². The molecule has 0 spiro atoms. The van der Waals surface area contributed by atoms with Crippen LogP contribution in [0.5, 0.6) is 0 Å². The van der Waals surface area contributed by atoms with Gasteiger partial charge in [0.25, 0.3) is 0 Å². The molecule has 0 saturated carbocycles. The number of benzene rings is 1. The van der Waals surface area contributed by atoms with E-state index in [-0.39, 0.29) is 17.2 Å². The van der Waals surface area contributed by atoms with Crippen LogP contribution in [0.2, 0.25) is 0 Å². The highest BCUT2D eigenvalue weighted by atomic mass is 32.1. The molecule has 0 unspecified atom stereocenters. The third-order valence-electron chi connectivity index (χ3n) is 2.19. The van der Waals surface area contributed by atoms with E-state index in [1.807, 2.05) is 0 Å². The van der Waals surface area contributed by atoms with E-state index in [1.165, 1.54) is 4.90 Å². The Labute approximate surface area is 109 Å². The van der Waals surface area contributed by atoms with Crippen LogP contribution in [0.15, 0.2) is 18.2 Å². The van der Waals surface area contributed by atoms with E-state index in [0.29, 0.717) is 12.6 Å². The molecule has 4 nitrogen and oxygen atoms in total. The summed E-state index contributed by atoms with van der Waals surface area (Å²) in [7, 11) is 0. The smallest absolute Gasteiger partial charge is 0.322 e. The van der Waals surface area contributed by atoms with Gasteiger partial charge >= 0.3 is 6.03 Å². The van der Waals surface area contributed by atoms with Crippen molar-refractivity contribution in [2.75, 3.05) is 18.4 Å². The topological polar surface area (TPSA) is 58.4 Å². The molecule has 3 N–H and O–H groups in total. The number of anilines is 1. The summed E-state index contributed by atoms with van der Waals surface area (Å²) in [4.78, 5) is 13.2. The van der Waals surface area contributed by atoms with Crippen molar-refractivity contribution in [2.45, 2.75) is 6.92 Å². The van der Waals surface area contributed by atoms with Gasteiger partial charge in [-0.1, -0.05) is 12.2 Å². The van der Waals surface area contributed by atoms with Crippen LogP contribution in [0, 0.1) is 11.6 Å². The second-order valence-electron chi connectivity index (χ2n) is 3.53.